The second-order valence-corrected chi connectivity index (χ2v) is 7.66. The summed E-state index contributed by atoms with van der Waals surface area (Å²) in [5.74, 6) is 0.646. The number of hydrogen-bond donors (Lipinski definition) is 1. The highest BCUT2D eigenvalue weighted by atomic mass is 32.2. The standard InChI is InChI=1S/C19H22N2S/c1-13-6-8-14(9-7-13)22-18-5-3-4-15-16-12-21(2)11-10-17(16)20-19(15)18/h3-9,16-17,20H,10-12H2,1-2H3/t16?,17-/m0/s1. The van der Waals surface area contributed by atoms with Crippen LogP contribution in [-0.2, 0) is 0 Å². The first-order chi connectivity index (χ1) is 10.7. The highest BCUT2D eigenvalue weighted by Gasteiger charge is 2.36. The highest BCUT2D eigenvalue weighted by Crippen LogP contribution is 2.45. The largest absolute Gasteiger partial charge is 0.380 e. The van der Waals surface area contributed by atoms with Crippen molar-refractivity contribution in [2.75, 3.05) is 25.5 Å². The summed E-state index contributed by atoms with van der Waals surface area (Å²) in [5, 5.41) is 3.81. The molecular weight excluding hydrogens is 288 g/mol. The lowest BCUT2D eigenvalue weighted by Crippen LogP contribution is -2.39. The summed E-state index contributed by atoms with van der Waals surface area (Å²) in [6, 6.07) is 16.2. The van der Waals surface area contributed by atoms with E-state index in [0.29, 0.717) is 12.0 Å². The van der Waals surface area contributed by atoms with Crippen molar-refractivity contribution in [1.82, 2.24) is 4.90 Å². The van der Waals surface area contributed by atoms with Crippen LogP contribution in [0, 0.1) is 6.92 Å². The average Bonchev–Trinajstić information content (AvgIpc) is 2.89. The Balaban J connectivity index is 1.65. The fourth-order valence-electron chi connectivity index (χ4n) is 3.62. The van der Waals surface area contributed by atoms with E-state index in [4.69, 9.17) is 0 Å². The molecule has 114 valence electrons. The Morgan fingerprint density at radius 2 is 1.95 bits per heavy atom. The minimum absolute atomic E-state index is 0.617. The average molecular weight is 310 g/mol. The first kappa shape index (κ1) is 14.2. The number of nitrogens with zero attached hydrogens (tertiary/aromatic N) is 1. The fraction of sp³-hybridized carbons (Fsp3) is 0.368. The Bertz CT molecular complexity index is 680. The zero-order chi connectivity index (χ0) is 15.1. The third kappa shape index (κ3) is 2.53. The van der Waals surface area contributed by atoms with E-state index in [1.54, 1.807) is 0 Å². The Kier molecular flexibility index (Phi) is 3.63. The maximum atomic E-state index is 3.81. The predicted molar refractivity (Wildman–Crippen MR) is 94.0 cm³/mol. The molecule has 2 aromatic rings. The molecule has 2 nitrogen and oxygen atoms in total. The number of anilines is 1. The molecule has 0 amide bonds. The van der Waals surface area contributed by atoms with Gasteiger partial charge in [0.1, 0.15) is 0 Å². The topological polar surface area (TPSA) is 15.3 Å². The molecule has 0 aliphatic carbocycles. The van der Waals surface area contributed by atoms with E-state index in [9.17, 15) is 0 Å². The van der Waals surface area contributed by atoms with Gasteiger partial charge in [-0.3, -0.25) is 0 Å². The number of likely N-dealkylation sites (tertiary alicyclic amines) is 1. The lowest BCUT2D eigenvalue weighted by Gasteiger charge is -2.32. The molecule has 0 aromatic heterocycles. The van der Waals surface area contributed by atoms with Gasteiger partial charge in [0.15, 0.2) is 0 Å². The van der Waals surface area contributed by atoms with Gasteiger partial charge < -0.3 is 10.2 Å². The van der Waals surface area contributed by atoms with Crippen molar-refractivity contribution in [3.63, 3.8) is 0 Å². The maximum absolute atomic E-state index is 3.81. The van der Waals surface area contributed by atoms with E-state index in [-0.39, 0.29) is 0 Å². The Labute approximate surface area is 136 Å². The molecule has 2 aromatic carbocycles. The molecular formula is C19H22N2S. The van der Waals surface area contributed by atoms with Gasteiger partial charge in [0.25, 0.3) is 0 Å². The summed E-state index contributed by atoms with van der Waals surface area (Å²) >= 11 is 1.87. The van der Waals surface area contributed by atoms with Gasteiger partial charge in [0, 0.05) is 28.3 Å². The molecule has 1 unspecified atom stereocenters. The van der Waals surface area contributed by atoms with Crippen LogP contribution in [-0.4, -0.2) is 31.1 Å². The minimum atomic E-state index is 0.617. The van der Waals surface area contributed by atoms with E-state index in [1.165, 1.54) is 46.1 Å². The zero-order valence-electron chi connectivity index (χ0n) is 13.2. The molecule has 2 aliphatic rings. The molecule has 0 radical (unpaired) electrons. The van der Waals surface area contributed by atoms with E-state index >= 15 is 0 Å². The Morgan fingerprint density at radius 3 is 2.77 bits per heavy atom. The van der Waals surface area contributed by atoms with Crippen molar-refractivity contribution in [2.24, 2.45) is 0 Å². The molecule has 2 aliphatic heterocycles. The number of piperidine rings is 1. The van der Waals surface area contributed by atoms with Crippen molar-refractivity contribution in [3.05, 3.63) is 53.6 Å². The first-order valence-electron chi connectivity index (χ1n) is 8.03. The van der Waals surface area contributed by atoms with Crippen LogP contribution in [0.5, 0.6) is 0 Å². The molecule has 1 N–H and O–H groups in total. The molecule has 1 fully saturated rings. The number of fused-ring (bicyclic) bond motifs is 3. The predicted octanol–water partition coefficient (Wildman–Crippen LogP) is 4.36. The van der Waals surface area contributed by atoms with Gasteiger partial charge in [-0.2, -0.15) is 0 Å². The molecule has 2 atom stereocenters. The maximum Gasteiger partial charge on any atom is 0.0521 e. The van der Waals surface area contributed by atoms with Crippen LogP contribution in [0.4, 0.5) is 5.69 Å². The molecule has 3 heteroatoms. The van der Waals surface area contributed by atoms with Crippen LogP contribution >= 0.6 is 11.8 Å². The lowest BCUT2D eigenvalue weighted by molar-refractivity contribution is 0.243. The summed E-state index contributed by atoms with van der Waals surface area (Å²) in [7, 11) is 2.24. The normalized spacial score (nSPS) is 23.7. The first-order valence-corrected chi connectivity index (χ1v) is 8.85. The second-order valence-electron chi connectivity index (χ2n) is 6.54. The van der Waals surface area contributed by atoms with Crippen LogP contribution in [0.2, 0.25) is 0 Å². The van der Waals surface area contributed by atoms with Crippen molar-refractivity contribution in [2.45, 2.75) is 35.1 Å². The van der Waals surface area contributed by atoms with Gasteiger partial charge in [0.2, 0.25) is 0 Å². The smallest absolute Gasteiger partial charge is 0.0521 e. The van der Waals surface area contributed by atoms with Gasteiger partial charge in [-0.05, 0) is 50.7 Å². The molecule has 0 spiro atoms. The number of aryl methyl sites for hydroxylation is 1. The summed E-state index contributed by atoms with van der Waals surface area (Å²) in [6.45, 7) is 4.50. The molecule has 0 saturated carbocycles. The number of benzene rings is 2. The fourth-order valence-corrected chi connectivity index (χ4v) is 4.57. The Morgan fingerprint density at radius 1 is 1.14 bits per heavy atom. The highest BCUT2D eigenvalue weighted by molar-refractivity contribution is 7.99. The summed E-state index contributed by atoms with van der Waals surface area (Å²) in [6.07, 6.45) is 1.24. The number of likely N-dealkylation sites (N-methyl/N-ethyl adjacent to an activating group) is 1. The van der Waals surface area contributed by atoms with Crippen LogP contribution in [0.3, 0.4) is 0 Å². The van der Waals surface area contributed by atoms with E-state index in [1.807, 2.05) is 11.8 Å². The van der Waals surface area contributed by atoms with E-state index in [0.717, 1.165) is 0 Å². The second kappa shape index (κ2) is 5.64. The van der Waals surface area contributed by atoms with Gasteiger partial charge in [-0.1, -0.05) is 41.6 Å². The van der Waals surface area contributed by atoms with E-state index in [2.05, 4.69) is 66.7 Å². The summed E-state index contributed by atoms with van der Waals surface area (Å²) < 4.78 is 0. The van der Waals surface area contributed by atoms with Gasteiger partial charge in [-0.15, -0.1) is 0 Å². The van der Waals surface area contributed by atoms with Crippen molar-refractivity contribution in [3.8, 4) is 0 Å². The lowest BCUT2D eigenvalue weighted by atomic mass is 9.90. The summed E-state index contributed by atoms with van der Waals surface area (Å²) in [4.78, 5) is 5.13. The van der Waals surface area contributed by atoms with Crippen LogP contribution < -0.4 is 5.32 Å². The molecule has 4 rings (SSSR count). The monoisotopic (exact) mass is 310 g/mol. The Hall–Kier alpha value is -1.45. The number of nitrogens with one attached hydrogen (secondary N) is 1. The van der Waals surface area contributed by atoms with Gasteiger partial charge >= 0.3 is 0 Å². The third-order valence-corrected chi connectivity index (χ3v) is 5.92. The molecule has 1 saturated heterocycles. The molecule has 22 heavy (non-hydrogen) atoms. The number of para-hydroxylation sites is 1. The summed E-state index contributed by atoms with van der Waals surface area (Å²) in [5.41, 5.74) is 4.20. The SMILES string of the molecule is Cc1ccc(Sc2cccc3c2N[C@H]2CCN(C)CC32)cc1. The van der Waals surface area contributed by atoms with Gasteiger partial charge in [-0.25, -0.2) is 0 Å². The zero-order valence-corrected chi connectivity index (χ0v) is 14.0. The van der Waals surface area contributed by atoms with Crippen LogP contribution in [0.25, 0.3) is 0 Å². The number of rotatable bonds is 2. The quantitative estimate of drug-likeness (QED) is 0.887. The molecule has 0 bridgehead atoms. The van der Waals surface area contributed by atoms with Crippen LogP contribution in [0.1, 0.15) is 23.5 Å². The van der Waals surface area contributed by atoms with Crippen LogP contribution in [0.15, 0.2) is 52.3 Å². The molecule has 2 heterocycles. The van der Waals surface area contributed by atoms with Crippen molar-refractivity contribution < 1.29 is 0 Å². The third-order valence-electron chi connectivity index (χ3n) is 4.85. The van der Waals surface area contributed by atoms with Crippen molar-refractivity contribution >= 4 is 17.4 Å². The minimum Gasteiger partial charge on any atom is -0.380 e. The number of hydrogen-bond acceptors (Lipinski definition) is 3. The van der Waals surface area contributed by atoms with Gasteiger partial charge in [0.05, 0.1) is 5.69 Å². The van der Waals surface area contributed by atoms with E-state index < -0.39 is 0 Å². The van der Waals surface area contributed by atoms with Crippen molar-refractivity contribution in [1.29, 1.82) is 0 Å².